The third-order valence-electron chi connectivity index (χ3n) is 4.45. The molecule has 3 rings (SSSR count). The zero-order valence-corrected chi connectivity index (χ0v) is 15.2. The summed E-state index contributed by atoms with van der Waals surface area (Å²) in [4.78, 5) is 36.2. The smallest absolute Gasteiger partial charge is 0.252 e. The Balaban J connectivity index is 1.77. The van der Waals surface area contributed by atoms with Gasteiger partial charge in [-0.3, -0.25) is 14.4 Å². The first kappa shape index (κ1) is 18.4. The Morgan fingerprint density at radius 3 is 2.48 bits per heavy atom. The maximum Gasteiger partial charge on any atom is 0.252 e. The van der Waals surface area contributed by atoms with Crippen LogP contribution >= 0.6 is 0 Å². The van der Waals surface area contributed by atoms with E-state index >= 15 is 0 Å². The van der Waals surface area contributed by atoms with Gasteiger partial charge in [0, 0.05) is 22.5 Å². The van der Waals surface area contributed by atoms with Crippen molar-refractivity contribution >= 4 is 29.1 Å². The maximum absolute atomic E-state index is 12.6. The summed E-state index contributed by atoms with van der Waals surface area (Å²) < 4.78 is 0. The number of hydrogen-bond donors (Lipinski definition) is 3. The van der Waals surface area contributed by atoms with Crippen LogP contribution in [0.15, 0.2) is 55.1 Å². The number of fused-ring (bicyclic) bond motifs is 1. The number of amides is 3. The van der Waals surface area contributed by atoms with Gasteiger partial charge >= 0.3 is 0 Å². The Kier molecular flexibility index (Phi) is 5.07. The van der Waals surface area contributed by atoms with E-state index < -0.39 is 6.04 Å². The summed E-state index contributed by atoms with van der Waals surface area (Å²) in [6.45, 7) is 7.54. The third-order valence-corrected chi connectivity index (χ3v) is 4.45. The lowest BCUT2D eigenvalue weighted by molar-refractivity contribution is -0.117. The predicted octanol–water partition coefficient (Wildman–Crippen LogP) is 3.36. The third kappa shape index (κ3) is 3.89. The highest BCUT2D eigenvalue weighted by Gasteiger charge is 2.32. The zero-order valence-electron chi connectivity index (χ0n) is 15.2. The standard InChI is InChI=1S/C21H21N3O3/c1-4-18(25)22-15-8-5-13(6-9-15)20(26)24-19-16-11-14(12(2)3)7-10-17(16)23-21(19)27/h4-12,19H,1H2,2-3H3,(H,22,25)(H,23,27)(H,24,26). The van der Waals surface area contributed by atoms with Crippen molar-refractivity contribution in [2.24, 2.45) is 0 Å². The molecule has 3 amide bonds. The molecular weight excluding hydrogens is 342 g/mol. The van der Waals surface area contributed by atoms with Crippen molar-refractivity contribution in [3.05, 3.63) is 71.8 Å². The Bertz CT molecular complexity index is 917. The largest absolute Gasteiger partial charge is 0.336 e. The zero-order chi connectivity index (χ0) is 19.6. The summed E-state index contributed by atoms with van der Waals surface area (Å²) in [5.74, 6) is -0.623. The molecule has 0 aliphatic carbocycles. The molecule has 0 spiro atoms. The molecule has 3 N–H and O–H groups in total. The van der Waals surface area contributed by atoms with E-state index in [9.17, 15) is 14.4 Å². The first-order valence-electron chi connectivity index (χ1n) is 8.68. The molecule has 2 aromatic carbocycles. The molecule has 0 aromatic heterocycles. The lowest BCUT2D eigenvalue weighted by atomic mass is 9.98. The molecule has 1 heterocycles. The van der Waals surface area contributed by atoms with Crippen molar-refractivity contribution in [2.45, 2.75) is 25.8 Å². The van der Waals surface area contributed by atoms with Gasteiger partial charge in [0.15, 0.2) is 0 Å². The van der Waals surface area contributed by atoms with Gasteiger partial charge < -0.3 is 16.0 Å². The summed E-state index contributed by atoms with van der Waals surface area (Å²) in [5.41, 5.74) is 3.55. The quantitative estimate of drug-likeness (QED) is 0.712. The van der Waals surface area contributed by atoms with Crippen LogP contribution in [0.2, 0.25) is 0 Å². The van der Waals surface area contributed by atoms with E-state index in [2.05, 4.69) is 36.4 Å². The number of anilines is 2. The maximum atomic E-state index is 12.6. The number of benzene rings is 2. The molecule has 2 aromatic rings. The highest BCUT2D eigenvalue weighted by atomic mass is 16.2. The first-order valence-corrected chi connectivity index (χ1v) is 8.68. The van der Waals surface area contributed by atoms with Gasteiger partial charge in [0.05, 0.1) is 0 Å². The highest BCUT2D eigenvalue weighted by Crippen LogP contribution is 2.33. The lowest BCUT2D eigenvalue weighted by Gasteiger charge is -2.14. The summed E-state index contributed by atoms with van der Waals surface area (Å²) in [5, 5.41) is 8.20. The molecule has 6 nitrogen and oxygen atoms in total. The highest BCUT2D eigenvalue weighted by molar-refractivity contribution is 6.06. The van der Waals surface area contributed by atoms with Gasteiger partial charge in [-0.2, -0.15) is 0 Å². The second-order valence-electron chi connectivity index (χ2n) is 6.67. The van der Waals surface area contributed by atoms with E-state index in [1.165, 1.54) is 6.08 Å². The SMILES string of the molecule is C=CC(=O)Nc1ccc(C(=O)NC2C(=O)Nc3ccc(C(C)C)cc32)cc1. The van der Waals surface area contributed by atoms with Gasteiger partial charge in [0.25, 0.3) is 11.8 Å². The van der Waals surface area contributed by atoms with Gasteiger partial charge in [-0.1, -0.05) is 32.6 Å². The van der Waals surface area contributed by atoms with Crippen molar-refractivity contribution in [3.63, 3.8) is 0 Å². The molecule has 6 heteroatoms. The van der Waals surface area contributed by atoms with Gasteiger partial charge in [-0.15, -0.1) is 0 Å². The molecule has 0 radical (unpaired) electrons. The molecule has 1 atom stereocenters. The minimum Gasteiger partial charge on any atom is -0.336 e. The van der Waals surface area contributed by atoms with Crippen molar-refractivity contribution in [2.75, 3.05) is 10.6 Å². The van der Waals surface area contributed by atoms with Crippen molar-refractivity contribution in [1.29, 1.82) is 0 Å². The molecule has 1 aliphatic rings. The summed E-state index contributed by atoms with van der Waals surface area (Å²) in [7, 11) is 0. The van der Waals surface area contributed by atoms with Gasteiger partial charge in [0.2, 0.25) is 5.91 Å². The van der Waals surface area contributed by atoms with E-state index in [0.717, 1.165) is 16.8 Å². The minimum atomic E-state index is -0.730. The molecule has 0 saturated carbocycles. The molecule has 1 aliphatic heterocycles. The normalized spacial score (nSPS) is 15.1. The molecule has 1 unspecified atom stereocenters. The van der Waals surface area contributed by atoms with Crippen LogP contribution in [-0.4, -0.2) is 17.7 Å². The van der Waals surface area contributed by atoms with Crippen LogP contribution in [0.25, 0.3) is 0 Å². The number of carbonyl (C=O) groups excluding carboxylic acids is 3. The van der Waals surface area contributed by atoms with E-state index in [-0.39, 0.29) is 17.7 Å². The van der Waals surface area contributed by atoms with Crippen LogP contribution in [0.3, 0.4) is 0 Å². The molecule has 0 fully saturated rings. The van der Waals surface area contributed by atoms with Crippen molar-refractivity contribution in [3.8, 4) is 0 Å². The Morgan fingerprint density at radius 1 is 1.15 bits per heavy atom. The predicted molar refractivity (Wildman–Crippen MR) is 105 cm³/mol. The number of carbonyl (C=O) groups is 3. The molecule has 0 bridgehead atoms. The fourth-order valence-electron chi connectivity index (χ4n) is 2.90. The fourth-order valence-corrected chi connectivity index (χ4v) is 2.90. The summed E-state index contributed by atoms with van der Waals surface area (Å²) in [6.07, 6.45) is 1.17. The van der Waals surface area contributed by atoms with Crippen LogP contribution < -0.4 is 16.0 Å². The molecular formula is C21H21N3O3. The lowest BCUT2D eigenvalue weighted by Crippen LogP contribution is -2.32. The van der Waals surface area contributed by atoms with Gasteiger partial charge in [-0.05, 0) is 47.9 Å². The first-order chi connectivity index (χ1) is 12.9. The van der Waals surface area contributed by atoms with Crippen LogP contribution in [-0.2, 0) is 9.59 Å². The van der Waals surface area contributed by atoms with E-state index in [1.54, 1.807) is 24.3 Å². The minimum absolute atomic E-state index is 0.255. The summed E-state index contributed by atoms with van der Waals surface area (Å²) >= 11 is 0. The molecule has 27 heavy (non-hydrogen) atoms. The van der Waals surface area contributed by atoms with Crippen LogP contribution in [0.4, 0.5) is 11.4 Å². The van der Waals surface area contributed by atoms with Gasteiger partial charge in [0.1, 0.15) is 6.04 Å². The second kappa shape index (κ2) is 7.45. The van der Waals surface area contributed by atoms with Crippen LogP contribution in [0.1, 0.15) is 47.3 Å². The monoisotopic (exact) mass is 363 g/mol. The van der Waals surface area contributed by atoms with E-state index in [1.807, 2.05) is 18.2 Å². The van der Waals surface area contributed by atoms with E-state index in [0.29, 0.717) is 17.2 Å². The average molecular weight is 363 g/mol. The topological polar surface area (TPSA) is 87.3 Å². The van der Waals surface area contributed by atoms with Crippen LogP contribution in [0.5, 0.6) is 0 Å². The van der Waals surface area contributed by atoms with Crippen LogP contribution in [0, 0.1) is 0 Å². The summed E-state index contributed by atoms with van der Waals surface area (Å²) in [6, 6.07) is 11.5. The van der Waals surface area contributed by atoms with Crippen molar-refractivity contribution < 1.29 is 14.4 Å². The van der Waals surface area contributed by atoms with Crippen molar-refractivity contribution in [1.82, 2.24) is 5.32 Å². The van der Waals surface area contributed by atoms with Gasteiger partial charge in [-0.25, -0.2) is 0 Å². The Labute approximate surface area is 157 Å². The molecule has 138 valence electrons. The Hall–Kier alpha value is -3.41. The molecule has 0 saturated heterocycles. The number of nitrogens with one attached hydrogen (secondary N) is 3. The number of rotatable bonds is 5. The Morgan fingerprint density at radius 2 is 1.85 bits per heavy atom. The van der Waals surface area contributed by atoms with E-state index in [4.69, 9.17) is 0 Å². The second-order valence-corrected chi connectivity index (χ2v) is 6.67. The fraction of sp³-hybridized carbons (Fsp3) is 0.190. The average Bonchev–Trinajstić information content (AvgIpc) is 2.96. The number of hydrogen-bond acceptors (Lipinski definition) is 3.